The predicted molar refractivity (Wildman–Crippen MR) is 131 cm³/mol. The van der Waals surface area contributed by atoms with Crippen molar-refractivity contribution in [3.8, 4) is 16.3 Å². The zero-order chi connectivity index (χ0) is 24.4. The highest BCUT2D eigenvalue weighted by Crippen LogP contribution is 2.40. The van der Waals surface area contributed by atoms with E-state index in [0.717, 1.165) is 16.1 Å². The number of methoxy groups -OCH3 is 1. The van der Waals surface area contributed by atoms with Gasteiger partial charge in [-0.05, 0) is 48.0 Å². The Morgan fingerprint density at radius 3 is 2.86 bits per heavy atom. The van der Waals surface area contributed by atoms with Gasteiger partial charge in [0.25, 0.3) is 5.91 Å². The van der Waals surface area contributed by atoms with Crippen molar-refractivity contribution in [1.82, 2.24) is 15.0 Å². The highest BCUT2D eigenvalue weighted by Gasteiger charge is 2.37. The summed E-state index contributed by atoms with van der Waals surface area (Å²) in [5.74, 6) is -1.22. The molecule has 7 nitrogen and oxygen atoms in total. The lowest BCUT2D eigenvalue weighted by atomic mass is 9.97. The second-order valence-corrected chi connectivity index (χ2v) is 9.07. The fourth-order valence-corrected chi connectivity index (χ4v) is 4.97. The van der Waals surface area contributed by atoms with E-state index in [1.807, 2.05) is 30.3 Å². The first-order valence-electron chi connectivity index (χ1n) is 10.9. The van der Waals surface area contributed by atoms with Crippen LogP contribution in [0.1, 0.15) is 38.8 Å². The first kappa shape index (κ1) is 22.8. The number of aromatic nitrogens is 2. The van der Waals surface area contributed by atoms with Crippen LogP contribution < -0.4 is 0 Å². The Morgan fingerprint density at radius 1 is 1.20 bits per heavy atom. The van der Waals surface area contributed by atoms with Gasteiger partial charge in [0.15, 0.2) is 0 Å². The van der Waals surface area contributed by atoms with Crippen LogP contribution in [-0.2, 0) is 11.3 Å². The van der Waals surface area contributed by atoms with Gasteiger partial charge >= 0.3 is 0 Å². The molecule has 1 aliphatic rings. The molecule has 1 amide bonds. The molecular formula is C26H21FN4O3S. The maximum absolute atomic E-state index is 14.9. The molecule has 1 N–H and O–H groups in total. The average molecular weight is 489 g/mol. The van der Waals surface area contributed by atoms with E-state index < -0.39 is 11.9 Å². The number of thiophene rings is 1. The lowest BCUT2D eigenvalue weighted by Gasteiger charge is -2.22. The maximum atomic E-state index is 14.9. The summed E-state index contributed by atoms with van der Waals surface area (Å²) in [6.45, 7) is 0.375. The van der Waals surface area contributed by atoms with Crippen molar-refractivity contribution >= 4 is 23.0 Å². The van der Waals surface area contributed by atoms with Crippen LogP contribution in [0, 0.1) is 5.82 Å². The Bertz CT molecular complexity index is 1390. The predicted octanol–water partition coefficient (Wildman–Crippen LogP) is 5.19. The number of phenols is 1. The van der Waals surface area contributed by atoms with Crippen LogP contribution in [0.5, 0.6) is 5.75 Å². The molecule has 9 heteroatoms. The molecule has 4 heterocycles. The number of hydrogen-bond acceptors (Lipinski definition) is 7. The van der Waals surface area contributed by atoms with E-state index >= 15 is 0 Å². The molecule has 0 saturated heterocycles. The van der Waals surface area contributed by atoms with Crippen LogP contribution in [0.15, 0.2) is 78.3 Å². The molecule has 0 bridgehead atoms. The van der Waals surface area contributed by atoms with Crippen LogP contribution in [0.25, 0.3) is 10.6 Å². The zero-order valence-corrected chi connectivity index (χ0v) is 19.6. The van der Waals surface area contributed by atoms with Crippen molar-refractivity contribution in [3.63, 3.8) is 0 Å². The largest absolute Gasteiger partial charge is 0.507 e. The first-order chi connectivity index (χ1) is 17.0. The Kier molecular flexibility index (Phi) is 6.35. The molecule has 4 aromatic rings. The van der Waals surface area contributed by atoms with E-state index in [-0.39, 0.29) is 23.6 Å². The minimum absolute atomic E-state index is 0.0297. The van der Waals surface area contributed by atoms with Crippen LogP contribution in [0.3, 0.4) is 0 Å². The number of amides is 1. The molecule has 0 saturated carbocycles. The quantitative estimate of drug-likeness (QED) is 0.404. The number of ether oxygens (including phenoxy) is 1. The highest BCUT2D eigenvalue weighted by atomic mass is 32.1. The standard InChI is InChI=1S/C26H21FN4O3S/c1-34-15-16-11-17(14-28-13-16)20-12-21(25-18(27)5-4-7-22(25)32)31(30-20)26(33)24-9-8-23(35-24)19-6-2-3-10-29-19/h2-11,13-14,21,32H,12,15H2,1H3. The molecule has 0 fully saturated rings. The average Bonchev–Trinajstić information content (AvgIpc) is 3.53. The van der Waals surface area contributed by atoms with Gasteiger partial charge in [-0.15, -0.1) is 11.3 Å². The Morgan fingerprint density at radius 2 is 2.09 bits per heavy atom. The summed E-state index contributed by atoms with van der Waals surface area (Å²) >= 11 is 1.28. The summed E-state index contributed by atoms with van der Waals surface area (Å²) in [7, 11) is 1.59. The SMILES string of the molecule is COCc1cncc(C2=NN(C(=O)c3ccc(-c4ccccn4)s3)C(c3c(O)cccc3F)C2)c1. The lowest BCUT2D eigenvalue weighted by molar-refractivity contribution is 0.0712. The number of halogens is 1. The number of rotatable bonds is 6. The summed E-state index contributed by atoms with van der Waals surface area (Å²) in [4.78, 5) is 23.5. The monoisotopic (exact) mass is 488 g/mol. The Hall–Kier alpha value is -3.95. The molecule has 0 spiro atoms. The first-order valence-corrected chi connectivity index (χ1v) is 11.7. The van der Waals surface area contributed by atoms with Crippen LogP contribution in [-0.4, -0.2) is 38.8 Å². The lowest BCUT2D eigenvalue weighted by Crippen LogP contribution is -2.27. The van der Waals surface area contributed by atoms with Crippen molar-refractivity contribution in [1.29, 1.82) is 0 Å². The van der Waals surface area contributed by atoms with Crippen molar-refractivity contribution in [3.05, 3.63) is 101 Å². The number of phenolic OH excluding ortho intramolecular Hbond substituents is 1. The molecule has 5 rings (SSSR count). The summed E-state index contributed by atoms with van der Waals surface area (Å²) in [5, 5.41) is 16.3. The molecule has 1 aliphatic heterocycles. The molecule has 176 valence electrons. The van der Waals surface area contributed by atoms with E-state index in [0.29, 0.717) is 22.8 Å². The minimum Gasteiger partial charge on any atom is -0.507 e. The zero-order valence-electron chi connectivity index (χ0n) is 18.8. The van der Waals surface area contributed by atoms with Crippen molar-refractivity contribution in [2.75, 3.05) is 7.11 Å². The van der Waals surface area contributed by atoms with E-state index in [2.05, 4.69) is 15.1 Å². The van der Waals surface area contributed by atoms with Gasteiger partial charge < -0.3 is 9.84 Å². The van der Waals surface area contributed by atoms with E-state index in [4.69, 9.17) is 4.74 Å². The third kappa shape index (κ3) is 4.55. The Labute approximate surface area is 205 Å². The maximum Gasteiger partial charge on any atom is 0.284 e. The number of pyridine rings is 2. The number of aromatic hydroxyl groups is 1. The second-order valence-electron chi connectivity index (χ2n) is 7.98. The number of hydrogen-bond donors (Lipinski definition) is 1. The van der Waals surface area contributed by atoms with Crippen molar-refractivity contribution in [2.45, 2.75) is 19.1 Å². The number of benzene rings is 1. The third-order valence-corrected chi connectivity index (χ3v) is 6.75. The normalized spacial score (nSPS) is 15.3. The molecule has 1 aromatic carbocycles. The summed E-state index contributed by atoms with van der Waals surface area (Å²) in [6.07, 6.45) is 5.25. The minimum atomic E-state index is -0.815. The molecule has 1 unspecified atom stereocenters. The third-order valence-electron chi connectivity index (χ3n) is 5.65. The van der Waals surface area contributed by atoms with Crippen LogP contribution in [0.4, 0.5) is 4.39 Å². The second kappa shape index (κ2) is 9.73. The van der Waals surface area contributed by atoms with Gasteiger partial charge in [-0.1, -0.05) is 12.1 Å². The van der Waals surface area contributed by atoms with Gasteiger partial charge in [0.05, 0.1) is 39.4 Å². The summed E-state index contributed by atoms with van der Waals surface area (Å²) in [5.41, 5.74) is 2.91. The van der Waals surface area contributed by atoms with Gasteiger partial charge in [-0.25, -0.2) is 9.40 Å². The number of hydrazone groups is 1. The molecule has 35 heavy (non-hydrogen) atoms. The molecular weight excluding hydrogens is 467 g/mol. The van der Waals surface area contributed by atoms with E-state index in [1.165, 1.54) is 34.5 Å². The smallest absolute Gasteiger partial charge is 0.284 e. The van der Waals surface area contributed by atoms with E-state index in [1.54, 1.807) is 31.8 Å². The van der Waals surface area contributed by atoms with Crippen molar-refractivity contribution < 1.29 is 19.0 Å². The fraction of sp³-hybridized carbons (Fsp3) is 0.154. The fourth-order valence-electron chi connectivity index (χ4n) is 4.06. The molecule has 1 atom stereocenters. The van der Waals surface area contributed by atoms with Gasteiger partial charge in [-0.2, -0.15) is 5.10 Å². The van der Waals surface area contributed by atoms with Gasteiger partial charge in [-0.3, -0.25) is 14.8 Å². The van der Waals surface area contributed by atoms with Gasteiger partial charge in [0.2, 0.25) is 0 Å². The van der Waals surface area contributed by atoms with Crippen LogP contribution >= 0.6 is 11.3 Å². The summed E-state index contributed by atoms with van der Waals surface area (Å²) in [6, 6.07) is 14.3. The molecule has 0 aliphatic carbocycles. The molecule has 3 aromatic heterocycles. The van der Waals surface area contributed by atoms with Gasteiger partial charge in [0.1, 0.15) is 11.6 Å². The topological polar surface area (TPSA) is 87.9 Å². The van der Waals surface area contributed by atoms with Crippen LogP contribution in [0.2, 0.25) is 0 Å². The number of carbonyl (C=O) groups is 1. The Balaban J connectivity index is 1.54. The van der Waals surface area contributed by atoms with Gasteiger partial charge in [0, 0.05) is 37.7 Å². The summed E-state index contributed by atoms with van der Waals surface area (Å²) < 4.78 is 20.1. The highest BCUT2D eigenvalue weighted by molar-refractivity contribution is 7.17. The molecule has 0 radical (unpaired) electrons. The number of nitrogens with zero attached hydrogens (tertiary/aromatic N) is 4. The number of carbonyl (C=O) groups excluding carboxylic acids is 1. The van der Waals surface area contributed by atoms with E-state index in [9.17, 15) is 14.3 Å². The van der Waals surface area contributed by atoms with Crippen molar-refractivity contribution in [2.24, 2.45) is 5.10 Å².